The minimum atomic E-state index is 0.164. The van der Waals surface area contributed by atoms with E-state index in [9.17, 15) is 0 Å². The highest BCUT2D eigenvalue weighted by atomic mass is 15.2. The number of hydrogen-bond donors (Lipinski definition) is 1. The smallest absolute Gasteiger partial charge is 0.0399 e. The summed E-state index contributed by atoms with van der Waals surface area (Å²) in [6, 6.07) is 8.92. The van der Waals surface area contributed by atoms with Gasteiger partial charge in [0.1, 0.15) is 0 Å². The molecule has 1 unspecified atom stereocenters. The zero-order valence-electron chi connectivity index (χ0n) is 10.5. The third-order valence-electron chi connectivity index (χ3n) is 3.81. The lowest BCUT2D eigenvalue weighted by molar-refractivity contribution is 0.306. The minimum Gasteiger partial charge on any atom is -0.370 e. The van der Waals surface area contributed by atoms with Crippen molar-refractivity contribution < 1.29 is 0 Å². The van der Waals surface area contributed by atoms with Crippen LogP contribution in [-0.4, -0.2) is 19.1 Å². The molecule has 0 radical (unpaired) electrons. The quantitative estimate of drug-likeness (QED) is 0.844. The van der Waals surface area contributed by atoms with Crippen LogP contribution in [0.1, 0.15) is 26.3 Å². The molecule has 0 spiro atoms. The van der Waals surface area contributed by atoms with Gasteiger partial charge in [-0.3, -0.25) is 0 Å². The average molecular weight is 218 g/mol. The van der Waals surface area contributed by atoms with E-state index in [4.69, 9.17) is 5.73 Å². The van der Waals surface area contributed by atoms with Gasteiger partial charge < -0.3 is 10.6 Å². The van der Waals surface area contributed by atoms with Crippen molar-refractivity contribution in [2.75, 3.05) is 18.0 Å². The molecule has 2 N–H and O–H groups in total. The topological polar surface area (TPSA) is 29.3 Å². The molecule has 0 bridgehead atoms. The van der Waals surface area contributed by atoms with Crippen molar-refractivity contribution in [1.82, 2.24) is 0 Å². The molecule has 88 valence electrons. The molecule has 0 aromatic heterocycles. The van der Waals surface area contributed by atoms with Crippen molar-refractivity contribution in [2.45, 2.75) is 33.2 Å². The number of benzene rings is 1. The molecule has 1 atom stereocenters. The van der Waals surface area contributed by atoms with Gasteiger partial charge in [0.2, 0.25) is 0 Å². The molecule has 1 heterocycles. The Kier molecular flexibility index (Phi) is 2.94. The number of nitrogens with two attached hydrogens (primary N) is 1. The Morgan fingerprint density at radius 3 is 2.75 bits per heavy atom. The first kappa shape index (κ1) is 11.5. The molecule has 16 heavy (non-hydrogen) atoms. The van der Waals surface area contributed by atoms with E-state index in [1.807, 2.05) is 0 Å². The SMILES string of the molecule is CC(N)C(C)(C)CN1CCc2ccccc21. The maximum absolute atomic E-state index is 6.04. The first-order valence-electron chi connectivity index (χ1n) is 6.09. The van der Waals surface area contributed by atoms with E-state index in [0.717, 1.165) is 13.1 Å². The number of fused-ring (bicyclic) bond motifs is 1. The highest BCUT2D eigenvalue weighted by molar-refractivity contribution is 5.57. The van der Waals surface area contributed by atoms with Crippen molar-refractivity contribution in [3.8, 4) is 0 Å². The van der Waals surface area contributed by atoms with E-state index < -0.39 is 0 Å². The third-order valence-corrected chi connectivity index (χ3v) is 3.81. The molecule has 2 rings (SSSR count). The largest absolute Gasteiger partial charge is 0.370 e. The molecule has 1 aromatic rings. The van der Waals surface area contributed by atoms with Crippen LogP contribution in [0.25, 0.3) is 0 Å². The molecule has 0 saturated heterocycles. The molecule has 1 aliphatic heterocycles. The van der Waals surface area contributed by atoms with Crippen LogP contribution in [0, 0.1) is 5.41 Å². The van der Waals surface area contributed by atoms with Gasteiger partial charge in [-0.1, -0.05) is 32.0 Å². The summed E-state index contributed by atoms with van der Waals surface area (Å²) in [5.74, 6) is 0. The van der Waals surface area contributed by atoms with Crippen LogP contribution in [0.5, 0.6) is 0 Å². The van der Waals surface area contributed by atoms with Crippen LogP contribution in [0.2, 0.25) is 0 Å². The molecule has 2 nitrogen and oxygen atoms in total. The fourth-order valence-corrected chi connectivity index (χ4v) is 2.21. The second-order valence-corrected chi connectivity index (χ2v) is 5.58. The highest BCUT2D eigenvalue weighted by Crippen LogP contribution is 2.31. The van der Waals surface area contributed by atoms with E-state index >= 15 is 0 Å². The molecule has 0 amide bonds. The van der Waals surface area contributed by atoms with Gasteiger partial charge in [0, 0.05) is 24.8 Å². The molecule has 1 aromatic carbocycles. The van der Waals surface area contributed by atoms with E-state index in [-0.39, 0.29) is 11.5 Å². The normalized spacial score (nSPS) is 17.4. The summed E-state index contributed by atoms with van der Waals surface area (Å²) in [5.41, 5.74) is 9.08. The molecule has 0 fully saturated rings. The Balaban J connectivity index is 2.15. The van der Waals surface area contributed by atoms with Crippen LogP contribution in [0.3, 0.4) is 0 Å². The molecule has 0 saturated carbocycles. The van der Waals surface area contributed by atoms with Gasteiger partial charge in [-0.05, 0) is 30.4 Å². The predicted molar refractivity (Wildman–Crippen MR) is 69.8 cm³/mol. The Bertz CT molecular complexity index is 369. The fourth-order valence-electron chi connectivity index (χ4n) is 2.21. The van der Waals surface area contributed by atoms with Crippen LogP contribution < -0.4 is 10.6 Å². The van der Waals surface area contributed by atoms with E-state index in [1.165, 1.54) is 17.7 Å². The Morgan fingerprint density at radius 2 is 2.06 bits per heavy atom. The van der Waals surface area contributed by atoms with E-state index in [0.29, 0.717) is 0 Å². The molecular weight excluding hydrogens is 196 g/mol. The third kappa shape index (κ3) is 2.07. The summed E-state index contributed by atoms with van der Waals surface area (Å²) in [4.78, 5) is 2.47. The van der Waals surface area contributed by atoms with Gasteiger partial charge in [0.15, 0.2) is 0 Å². The van der Waals surface area contributed by atoms with Crippen molar-refractivity contribution >= 4 is 5.69 Å². The lowest BCUT2D eigenvalue weighted by atomic mass is 9.85. The summed E-state index contributed by atoms with van der Waals surface area (Å²) < 4.78 is 0. The number of para-hydroxylation sites is 1. The Hall–Kier alpha value is -1.02. The molecule has 1 aliphatic rings. The van der Waals surface area contributed by atoms with Crippen molar-refractivity contribution in [1.29, 1.82) is 0 Å². The summed E-state index contributed by atoms with van der Waals surface area (Å²) in [5, 5.41) is 0. The molecule has 0 aliphatic carbocycles. The zero-order valence-corrected chi connectivity index (χ0v) is 10.5. The highest BCUT2D eigenvalue weighted by Gasteiger charge is 2.28. The first-order chi connectivity index (χ1) is 7.50. The second-order valence-electron chi connectivity index (χ2n) is 5.58. The molecule has 2 heteroatoms. The first-order valence-corrected chi connectivity index (χ1v) is 6.09. The summed E-state index contributed by atoms with van der Waals surface area (Å²) in [6.07, 6.45) is 1.17. The van der Waals surface area contributed by atoms with Crippen molar-refractivity contribution in [3.63, 3.8) is 0 Å². The lowest BCUT2D eigenvalue weighted by Crippen LogP contribution is -2.43. The molecular formula is C14H22N2. The number of rotatable bonds is 3. The van der Waals surface area contributed by atoms with Gasteiger partial charge >= 0.3 is 0 Å². The monoisotopic (exact) mass is 218 g/mol. The van der Waals surface area contributed by atoms with E-state index in [2.05, 4.69) is 49.9 Å². The van der Waals surface area contributed by atoms with Crippen molar-refractivity contribution in [3.05, 3.63) is 29.8 Å². The van der Waals surface area contributed by atoms with Gasteiger partial charge in [0.25, 0.3) is 0 Å². The van der Waals surface area contributed by atoms with Gasteiger partial charge in [0.05, 0.1) is 0 Å². The minimum absolute atomic E-state index is 0.164. The zero-order chi connectivity index (χ0) is 11.8. The van der Waals surface area contributed by atoms with Crippen molar-refractivity contribution in [2.24, 2.45) is 11.1 Å². The second kappa shape index (κ2) is 4.10. The van der Waals surface area contributed by atoms with E-state index in [1.54, 1.807) is 0 Å². The summed E-state index contributed by atoms with van der Waals surface area (Å²) in [7, 11) is 0. The lowest BCUT2D eigenvalue weighted by Gasteiger charge is -2.34. The van der Waals surface area contributed by atoms with Gasteiger partial charge in [-0.15, -0.1) is 0 Å². The maximum atomic E-state index is 6.04. The Morgan fingerprint density at radius 1 is 1.38 bits per heavy atom. The summed E-state index contributed by atoms with van der Waals surface area (Å²) >= 11 is 0. The summed E-state index contributed by atoms with van der Waals surface area (Å²) in [6.45, 7) is 8.77. The van der Waals surface area contributed by atoms with Gasteiger partial charge in [-0.25, -0.2) is 0 Å². The maximum Gasteiger partial charge on any atom is 0.0399 e. The number of hydrogen-bond acceptors (Lipinski definition) is 2. The van der Waals surface area contributed by atoms with Crippen LogP contribution in [0.4, 0.5) is 5.69 Å². The Labute approximate surface area is 98.4 Å². The number of nitrogens with zero attached hydrogens (tertiary/aromatic N) is 1. The van der Waals surface area contributed by atoms with Crippen LogP contribution in [0.15, 0.2) is 24.3 Å². The standard InChI is InChI=1S/C14H22N2/c1-11(15)14(2,3)10-16-9-8-12-6-4-5-7-13(12)16/h4-7,11H,8-10,15H2,1-3H3. The number of anilines is 1. The fraction of sp³-hybridized carbons (Fsp3) is 0.571. The van der Waals surface area contributed by atoms with Crippen LogP contribution >= 0.6 is 0 Å². The predicted octanol–water partition coefficient (Wildman–Crippen LogP) is 2.42. The average Bonchev–Trinajstić information content (AvgIpc) is 2.61. The van der Waals surface area contributed by atoms with Crippen LogP contribution in [-0.2, 0) is 6.42 Å². The van der Waals surface area contributed by atoms with Gasteiger partial charge in [-0.2, -0.15) is 0 Å².